The first-order valence-electron chi connectivity index (χ1n) is 8.05. The van der Waals surface area contributed by atoms with Crippen LogP contribution in [0.15, 0.2) is 24.3 Å². The summed E-state index contributed by atoms with van der Waals surface area (Å²) in [5.74, 6) is 1.68. The van der Waals surface area contributed by atoms with E-state index in [4.69, 9.17) is 9.47 Å². The average molecular weight is 314 g/mol. The number of Topliss-reactive ketones (excluding diaryl/α,β-unsaturated/α-hetero) is 2. The van der Waals surface area contributed by atoms with Crippen molar-refractivity contribution in [1.29, 1.82) is 0 Å². The van der Waals surface area contributed by atoms with Gasteiger partial charge in [-0.15, -0.1) is 0 Å². The smallest absolute Gasteiger partial charge is 0.146 e. The molecular weight excluding hydrogens is 292 g/mol. The predicted molar refractivity (Wildman–Crippen MR) is 87.7 cm³/mol. The molecule has 1 aromatic rings. The number of ether oxygens (including phenoxy) is 2. The normalized spacial score (nSPS) is 24.5. The molecule has 1 aliphatic heterocycles. The molecule has 1 aliphatic carbocycles. The molecule has 122 valence electrons. The van der Waals surface area contributed by atoms with E-state index >= 15 is 0 Å². The molecule has 1 saturated carbocycles. The van der Waals surface area contributed by atoms with Gasteiger partial charge < -0.3 is 9.47 Å². The van der Waals surface area contributed by atoms with Crippen molar-refractivity contribution in [3.05, 3.63) is 29.8 Å². The maximum absolute atomic E-state index is 12.1. The Morgan fingerprint density at radius 2 is 2.00 bits per heavy atom. The van der Waals surface area contributed by atoms with E-state index in [0.717, 1.165) is 29.1 Å². The Balaban J connectivity index is 1.92. The van der Waals surface area contributed by atoms with Gasteiger partial charge in [0, 0.05) is 30.9 Å². The summed E-state index contributed by atoms with van der Waals surface area (Å²) in [5.41, 5.74) is 1.31. The molecular formula is C19H22O4. The standard InChI is InChI=1S/C19H22O4/c1-12-10-13(8-9-19(2)17(20)6-7-18(19)21)15-5-4-14(22-3)11-16(15)23-12/h4-5,8,11-12H,6-7,9-10H2,1-3H3/b13-8+/t12-/m0/s1. The van der Waals surface area contributed by atoms with Crippen LogP contribution in [-0.2, 0) is 9.59 Å². The number of rotatable bonds is 3. The van der Waals surface area contributed by atoms with Crippen LogP contribution in [0.4, 0.5) is 0 Å². The van der Waals surface area contributed by atoms with Gasteiger partial charge in [-0.1, -0.05) is 6.08 Å². The summed E-state index contributed by atoms with van der Waals surface area (Å²) in [6.07, 6.45) is 4.11. The molecule has 0 radical (unpaired) electrons. The highest BCUT2D eigenvalue weighted by molar-refractivity contribution is 6.12. The van der Waals surface area contributed by atoms with Gasteiger partial charge in [-0.3, -0.25) is 9.59 Å². The topological polar surface area (TPSA) is 52.6 Å². The molecule has 1 heterocycles. The second-order valence-electron chi connectivity index (χ2n) is 6.61. The Kier molecular flexibility index (Phi) is 4.00. The molecule has 0 spiro atoms. The Morgan fingerprint density at radius 1 is 1.30 bits per heavy atom. The Bertz CT molecular complexity index is 671. The molecule has 0 aromatic heterocycles. The van der Waals surface area contributed by atoms with Gasteiger partial charge in [0.25, 0.3) is 0 Å². The van der Waals surface area contributed by atoms with Crippen LogP contribution in [0.3, 0.4) is 0 Å². The first-order valence-corrected chi connectivity index (χ1v) is 8.05. The maximum Gasteiger partial charge on any atom is 0.146 e. The molecule has 23 heavy (non-hydrogen) atoms. The molecule has 3 rings (SSSR count). The lowest BCUT2D eigenvalue weighted by Crippen LogP contribution is -2.28. The molecule has 0 saturated heterocycles. The summed E-state index contributed by atoms with van der Waals surface area (Å²) in [5, 5.41) is 0. The molecule has 0 unspecified atom stereocenters. The fourth-order valence-electron chi connectivity index (χ4n) is 3.35. The predicted octanol–water partition coefficient (Wildman–Crippen LogP) is 3.58. The van der Waals surface area contributed by atoms with Crippen LogP contribution in [0.25, 0.3) is 5.57 Å². The first-order chi connectivity index (χ1) is 10.9. The number of fused-ring (bicyclic) bond motifs is 1. The van der Waals surface area contributed by atoms with Crippen LogP contribution >= 0.6 is 0 Å². The van der Waals surface area contributed by atoms with E-state index in [2.05, 4.69) is 0 Å². The van der Waals surface area contributed by atoms with Crippen molar-refractivity contribution in [2.45, 2.75) is 45.6 Å². The minimum Gasteiger partial charge on any atom is -0.497 e. The zero-order valence-corrected chi connectivity index (χ0v) is 13.8. The van der Waals surface area contributed by atoms with Crippen molar-refractivity contribution in [3.63, 3.8) is 0 Å². The second kappa shape index (κ2) is 5.84. The second-order valence-corrected chi connectivity index (χ2v) is 6.61. The van der Waals surface area contributed by atoms with Crippen LogP contribution in [0.5, 0.6) is 11.5 Å². The van der Waals surface area contributed by atoms with Crippen molar-refractivity contribution >= 4 is 17.1 Å². The van der Waals surface area contributed by atoms with Crippen LogP contribution in [0.1, 0.15) is 45.1 Å². The van der Waals surface area contributed by atoms with Crippen molar-refractivity contribution in [2.75, 3.05) is 7.11 Å². The highest BCUT2D eigenvalue weighted by Crippen LogP contribution is 2.41. The van der Waals surface area contributed by atoms with E-state index in [1.807, 2.05) is 31.2 Å². The number of ketones is 2. The van der Waals surface area contributed by atoms with Gasteiger partial charge in [-0.25, -0.2) is 0 Å². The lowest BCUT2D eigenvalue weighted by Gasteiger charge is -2.27. The third-order valence-corrected chi connectivity index (χ3v) is 4.94. The molecule has 0 N–H and O–H groups in total. The van der Waals surface area contributed by atoms with E-state index < -0.39 is 5.41 Å². The molecule has 4 heteroatoms. The fourth-order valence-corrected chi connectivity index (χ4v) is 3.35. The molecule has 1 atom stereocenters. The minimum atomic E-state index is -0.846. The molecule has 0 amide bonds. The summed E-state index contributed by atoms with van der Waals surface area (Å²) in [4.78, 5) is 24.2. The van der Waals surface area contributed by atoms with Gasteiger partial charge in [0.2, 0.25) is 0 Å². The lowest BCUT2D eigenvalue weighted by atomic mass is 9.81. The third-order valence-electron chi connectivity index (χ3n) is 4.94. The van der Waals surface area contributed by atoms with Crippen molar-refractivity contribution in [3.8, 4) is 11.5 Å². The van der Waals surface area contributed by atoms with Crippen molar-refractivity contribution < 1.29 is 19.1 Å². The number of hydrogen-bond donors (Lipinski definition) is 0. The number of allylic oxidation sites excluding steroid dienone is 1. The van der Waals surface area contributed by atoms with E-state index in [1.165, 1.54) is 0 Å². The third kappa shape index (κ3) is 2.78. The molecule has 1 fully saturated rings. The van der Waals surface area contributed by atoms with E-state index in [-0.39, 0.29) is 17.7 Å². The monoisotopic (exact) mass is 314 g/mol. The summed E-state index contributed by atoms with van der Waals surface area (Å²) >= 11 is 0. The van der Waals surface area contributed by atoms with E-state index in [9.17, 15) is 9.59 Å². The van der Waals surface area contributed by atoms with Crippen molar-refractivity contribution in [1.82, 2.24) is 0 Å². The molecule has 1 aromatic carbocycles. The van der Waals surface area contributed by atoms with Crippen molar-refractivity contribution in [2.24, 2.45) is 5.41 Å². The van der Waals surface area contributed by atoms with Gasteiger partial charge >= 0.3 is 0 Å². The van der Waals surface area contributed by atoms with Gasteiger partial charge in [-0.05, 0) is 38.0 Å². The van der Waals surface area contributed by atoms with Crippen LogP contribution in [0.2, 0.25) is 0 Å². The van der Waals surface area contributed by atoms with E-state index in [0.29, 0.717) is 19.3 Å². The molecule has 0 bridgehead atoms. The SMILES string of the molecule is COc1ccc2c(c1)O[C@@H](C)C/C2=C\CC1(C)C(=O)CCC1=O. The Morgan fingerprint density at radius 3 is 2.65 bits per heavy atom. The zero-order chi connectivity index (χ0) is 16.6. The number of methoxy groups -OCH3 is 1. The van der Waals surface area contributed by atoms with Crippen LogP contribution in [-0.4, -0.2) is 24.8 Å². The largest absolute Gasteiger partial charge is 0.497 e. The zero-order valence-electron chi connectivity index (χ0n) is 13.8. The van der Waals surface area contributed by atoms with Crippen LogP contribution < -0.4 is 9.47 Å². The Labute approximate surface area is 136 Å². The van der Waals surface area contributed by atoms with Gasteiger partial charge in [-0.2, -0.15) is 0 Å². The fraction of sp³-hybridized carbons (Fsp3) is 0.474. The maximum atomic E-state index is 12.1. The van der Waals surface area contributed by atoms with E-state index in [1.54, 1.807) is 14.0 Å². The van der Waals surface area contributed by atoms with Crippen LogP contribution in [0, 0.1) is 5.41 Å². The molecule has 4 nitrogen and oxygen atoms in total. The number of carbonyl (C=O) groups is 2. The number of benzene rings is 1. The Hall–Kier alpha value is -2.10. The lowest BCUT2D eigenvalue weighted by molar-refractivity contribution is -0.133. The summed E-state index contributed by atoms with van der Waals surface area (Å²) < 4.78 is 11.1. The first kappa shape index (κ1) is 15.8. The quantitative estimate of drug-likeness (QED) is 0.800. The average Bonchev–Trinajstić information content (AvgIpc) is 2.79. The van der Waals surface area contributed by atoms with Gasteiger partial charge in [0.15, 0.2) is 0 Å². The summed E-state index contributed by atoms with van der Waals surface area (Å²) in [7, 11) is 1.63. The highest BCUT2D eigenvalue weighted by Gasteiger charge is 2.44. The molecule has 2 aliphatic rings. The van der Waals surface area contributed by atoms with Gasteiger partial charge in [0.1, 0.15) is 23.1 Å². The summed E-state index contributed by atoms with van der Waals surface area (Å²) in [6.45, 7) is 3.79. The van der Waals surface area contributed by atoms with Gasteiger partial charge in [0.05, 0.1) is 18.6 Å². The highest BCUT2D eigenvalue weighted by atomic mass is 16.5. The summed E-state index contributed by atoms with van der Waals surface area (Å²) in [6, 6.07) is 5.76. The number of hydrogen-bond acceptors (Lipinski definition) is 4. The number of carbonyl (C=O) groups excluding carboxylic acids is 2. The minimum absolute atomic E-state index is 0.0589.